The highest BCUT2D eigenvalue weighted by Crippen LogP contribution is 2.42. The van der Waals surface area contributed by atoms with Gasteiger partial charge in [-0.3, -0.25) is 9.48 Å². The van der Waals surface area contributed by atoms with Gasteiger partial charge in [0.1, 0.15) is 11.6 Å². The Morgan fingerprint density at radius 3 is 2.84 bits per heavy atom. The third-order valence-electron chi connectivity index (χ3n) is 5.64. The van der Waals surface area contributed by atoms with Crippen molar-refractivity contribution >= 4 is 17.2 Å². The number of carbonyl (C=O) groups is 1. The van der Waals surface area contributed by atoms with E-state index in [9.17, 15) is 13.6 Å². The molecule has 0 bridgehead atoms. The summed E-state index contributed by atoms with van der Waals surface area (Å²) in [6.45, 7) is 2.44. The molecule has 5 rings (SSSR count). The lowest BCUT2D eigenvalue weighted by atomic mass is 9.87. The maximum Gasteiger partial charge on any atom is 0.276 e. The Morgan fingerprint density at radius 1 is 1.26 bits per heavy atom. The number of amides is 1. The van der Waals surface area contributed by atoms with Crippen molar-refractivity contribution in [3.8, 4) is 11.3 Å². The predicted molar refractivity (Wildman–Crippen MR) is 111 cm³/mol. The number of hydrogen-bond acceptors (Lipinski definition) is 5. The van der Waals surface area contributed by atoms with Crippen LogP contribution in [0.25, 0.3) is 11.3 Å². The zero-order chi connectivity index (χ0) is 21.7. The van der Waals surface area contributed by atoms with Gasteiger partial charge in [-0.05, 0) is 41.6 Å². The minimum atomic E-state index is -0.777. The van der Waals surface area contributed by atoms with E-state index in [2.05, 4.69) is 16.3 Å². The summed E-state index contributed by atoms with van der Waals surface area (Å²) in [7, 11) is 1.86. The summed E-state index contributed by atoms with van der Waals surface area (Å²) in [5, 5.41) is 10.2. The second-order valence-electron chi connectivity index (χ2n) is 7.57. The number of aromatic nitrogens is 3. The minimum absolute atomic E-state index is 0.00369. The van der Waals surface area contributed by atoms with Gasteiger partial charge >= 0.3 is 0 Å². The number of rotatable bonds is 3. The number of benzene rings is 1. The van der Waals surface area contributed by atoms with Crippen molar-refractivity contribution in [1.29, 1.82) is 0 Å². The van der Waals surface area contributed by atoms with Crippen LogP contribution < -0.4 is 0 Å². The normalized spacial score (nSPS) is 18.3. The SMILES string of the molecule is C[C@@H]1c2sccc2[C@@H](c2cnn(C)c2)CN1C(=O)c1cc(-c2ccc(F)cc2F)on1. The monoisotopic (exact) mass is 440 g/mol. The molecule has 0 spiro atoms. The topological polar surface area (TPSA) is 64.2 Å². The first-order chi connectivity index (χ1) is 14.9. The summed E-state index contributed by atoms with van der Waals surface area (Å²) in [6, 6.07) is 6.52. The smallest absolute Gasteiger partial charge is 0.276 e. The molecule has 0 saturated heterocycles. The lowest BCUT2D eigenvalue weighted by Gasteiger charge is -2.37. The molecule has 0 saturated carbocycles. The van der Waals surface area contributed by atoms with Crippen LogP contribution in [0.1, 0.15) is 45.4 Å². The first kappa shape index (κ1) is 19.6. The fourth-order valence-electron chi connectivity index (χ4n) is 4.06. The Morgan fingerprint density at radius 2 is 2.10 bits per heavy atom. The summed E-state index contributed by atoms with van der Waals surface area (Å²) < 4.78 is 34.3. The van der Waals surface area contributed by atoms with Gasteiger partial charge < -0.3 is 9.42 Å². The Labute approximate surface area is 180 Å². The van der Waals surface area contributed by atoms with E-state index < -0.39 is 11.6 Å². The molecule has 158 valence electrons. The van der Waals surface area contributed by atoms with E-state index in [0.717, 1.165) is 22.6 Å². The standard InChI is InChI=1S/C22H18F2N4O2S/c1-12-21-15(5-6-31-21)17(13-9-25-27(2)10-13)11-28(12)22(29)19-8-20(30-26-19)16-4-3-14(23)7-18(16)24/h3-10,12,17H,11H2,1-2H3/t12-,17-/m1/s1. The molecule has 1 aromatic carbocycles. The van der Waals surface area contributed by atoms with E-state index in [-0.39, 0.29) is 34.9 Å². The van der Waals surface area contributed by atoms with Gasteiger partial charge in [0.05, 0.1) is 17.8 Å². The van der Waals surface area contributed by atoms with Gasteiger partial charge in [-0.1, -0.05) is 5.16 Å². The van der Waals surface area contributed by atoms with Crippen LogP contribution in [0.2, 0.25) is 0 Å². The Hall–Kier alpha value is -3.33. The van der Waals surface area contributed by atoms with Crippen molar-refractivity contribution in [3.63, 3.8) is 0 Å². The molecule has 0 N–H and O–H groups in total. The highest BCUT2D eigenvalue weighted by molar-refractivity contribution is 7.10. The van der Waals surface area contributed by atoms with Gasteiger partial charge in [-0.15, -0.1) is 11.3 Å². The molecule has 4 aromatic rings. The molecule has 2 atom stereocenters. The van der Waals surface area contributed by atoms with Crippen LogP contribution in [0.4, 0.5) is 8.78 Å². The summed E-state index contributed by atoms with van der Waals surface area (Å²) in [5.74, 6) is -1.70. The molecule has 1 aliphatic heterocycles. The number of carbonyl (C=O) groups excluding carboxylic acids is 1. The zero-order valence-corrected chi connectivity index (χ0v) is 17.6. The fraction of sp³-hybridized carbons (Fsp3) is 0.227. The van der Waals surface area contributed by atoms with Crippen LogP contribution in [0, 0.1) is 11.6 Å². The number of halogens is 2. The predicted octanol–water partition coefficient (Wildman–Crippen LogP) is 4.76. The summed E-state index contributed by atoms with van der Waals surface area (Å²) in [5.41, 5.74) is 2.36. The highest BCUT2D eigenvalue weighted by atomic mass is 32.1. The summed E-state index contributed by atoms with van der Waals surface area (Å²) in [6.07, 6.45) is 3.77. The first-order valence-electron chi connectivity index (χ1n) is 9.71. The number of thiophene rings is 1. The molecule has 4 heterocycles. The Bertz CT molecular complexity index is 1280. The van der Waals surface area contributed by atoms with Crippen LogP contribution in [0.15, 0.2) is 52.6 Å². The molecule has 1 amide bonds. The van der Waals surface area contributed by atoms with Crippen molar-refractivity contribution in [2.75, 3.05) is 6.54 Å². The molecule has 0 fully saturated rings. The molecule has 3 aromatic heterocycles. The molecular weight excluding hydrogens is 422 g/mol. The number of fused-ring (bicyclic) bond motifs is 1. The van der Waals surface area contributed by atoms with E-state index in [1.807, 2.05) is 31.7 Å². The third kappa shape index (κ3) is 3.34. The van der Waals surface area contributed by atoms with Crippen LogP contribution in [0.3, 0.4) is 0 Å². The third-order valence-corrected chi connectivity index (χ3v) is 6.75. The Kier molecular flexibility index (Phi) is 4.70. The lowest BCUT2D eigenvalue weighted by molar-refractivity contribution is 0.0659. The van der Waals surface area contributed by atoms with Gasteiger partial charge in [0.25, 0.3) is 5.91 Å². The van der Waals surface area contributed by atoms with Crippen molar-refractivity contribution < 1.29 is 18.1 Å². The van der Waals surface area contributed by atoms with Gasteiger partial charge in [-0.25, -0.2) is 8.78 Å². The number of nitrogens with zero attached hydrogens (tertiary/aromatic N) is 4. The number of hydrogen-bond donors (Lipinski definition) is 0. The van der Waals surface area contributed by atoms with Crippen molar-refractivity contribution in [2.24, 2.45) is 7.05 Å². The summed E-state index contributed by atoms with van der Waals surface area (Å²) >= 11 is 1.61. The van der Waals surface area contributed by atoms with Crippen LogP contribution in [-0.4, -0.2) is 32.3 Å². The van der Waals surface area contributed by atoms with Crippen LogP contribution in [-0.2, 0) is 7.05 Å². The van der Waals surface area contributed by atoms with E-state index in [0.29, 0.717) is 6.54 Å². The lowest BCUT2D eigenvalue weighted by Crippen LogP contribution is -2.40. The largest absolute Gasteiger partial charge is 0.355 e. The molecule has 9 heteroatoms. The second-order valence-corrected chi connectivity index (χ2v) is 8.52. The molecule has 0 radical (unpaired) electrons. The van der Waals surface area contributed by atoms with Gasteiger partial charge in [0.15, 0.2) is 11.5 Å². The molecule has 0 unspecified atom stereocenters. The molecule has 0 aliphatic carbocycles. The summed E-state index contributed by atoms with van der Waals surface area (Å²) in [4.78, 5) is 16.2. The fourth-order valence-corrected chi connectivity index (χ4v) is 5.09. The average molecular weight is 440 g/mol. The van der Waals surface area contributed by atoms with Gasteiger partial charge in [0, 0.05) is 42.7 Å². The maximum absolute atomic E-state index is 14.1. The van der Waals surface area contributed by atoms with Crippen molar-refractivity contribution in [2.45, 2.75) is 18.9 Å². The molecular formula is C22H18F2N4O2S. The molecule has 1 aliphatic rings. The molecule has 31 heavy (non-hydrogen) atoms. The van der Waals surface area contributed by atoms with Crippen molar-refractivity contribution in [1.82, 2.24) is 19.8 Å². The highest BCUT2D eigenvalue weighted by Gasteiger charge is 2.37. The zero-order valence-electron chi connectivity index (χ0n) is 16.8. The van der Waals surface area contributed by atoms with Gasteiger partial charge in [0.2, 0.25) is 0 Å². The van der Waals surface area contributed by atoms with Crippen LogP contribution >= 0.6 is 11.3 Å². The average Bonchev–Trinajstić information content (AvgIpc) is 3.48. The quantitative estimate of drug-likeness (QED) is 0.461. The van der Waals surface area contributed by atoms with E-state index in [4.69, 9.17) is 4.52 Å². The first-order valence-corrected chi connectivity index (χ1v) is 10.6. The van der Waals surface area contributed by atoms with E-state index in [1.165, 1.54) is 17.7 Å². The van der Waals surface area contributed by atoms with Crippen molar-refractivity contribution in [3.05, 3.63) is 81.4 Å². The molecule has 6 nitrogen and oxygen atoms in total. The minimum Gasteiger partial charge on any atom is -0.355 e. The Balaban J connectivity index is 1.47. The van der Waals surface area contributed by atoms with Crippen LogP contribution in [0.5, 0.6) is 0 Å². The van der Waals surface area contributed by atoms with Gasteiger partial charge in [-0.2, -0.15) is 5.10 Å². The number of aryl methyl sites for hydroxylation is 1. The maximum atomic E-state index is 14.1. The van der Waals surface area contributed by atoms with E-state index >= 15 is 0 Å². The van der Waals surface area contributed by atoms with E-state index in [1.54, 1.807) is 20.9 Å². The second kappa shape index (κ2) is 7.42.